The Labute approximate surface area is 229 Å². The van der Waals surface area contributed by atoms with E-state index >= 15 is 0 Å². The van der Waals surface area contributed by atoms with Crippen LogP contribution in [0, 0.1) is 6.92 Å². The summed E-state index contributed by atoms with van der Waals surface area (Å²) in [6, 6.07) is 1.29. The van der Waals surface area contributed by atoms with E-state index in [0.29, 0.717) is 4.57 Å². The Kier molecular flexibility index (Phi) is 9.35. The quantitative estimate of drug-likeness (QED) is 0.111. The molecule has 3 rings (SSSR count). The first-order valence-corrected chi connectivity index (χ1v) is 12.2. The number of para-hydroxylation sites is 1. The first-order valence-electron chi connectivity index (χ1n) is 12.2. The number of nitrogens with one attached hydrogen (secondary N) is 4. The topological polar surface area (TPSA) is 274 Å². The van der Waals surface area contributed by atoms with Gasteiger partial charge in [-0.25, -0.2) is 14.4 Å². The van der Waals surface area contributed by atoms with Gasteiger partial charge in [0.05, 0.1) is 24.0 Å². The molecule has 0 aliphatic heterocycles. The molecular formula is C24H28N8O9. The van der Waals surface area contributed by atoms with Crippen LogP contribution in [0.3, 0.4) is 0 Å². The van der Waals surface area contributed by atoms with E-state index < -0.39 is 77.4 Å². The van der Waals surface area contributed by atoms with Crippen LogP contribution in [0.2, 0.25) is 0 Å². The molecule has 0 saturated heterocycles. The Balaban J connectivity index is 1.93. The molecule has 3 amide bonds. The molecule has 0 spiro atoms. The maximum absolute atomic E-state index is 13.2. The molecule has 2 aromatic heterocycles. The highest BCUT2D eigenvalue weighted by molar-refractivity contribution is 5.92. The van der Waals surface area contributed by atoms with Crippen molar-refractivity contribution >= 4 is 34.6 Å². The van der Waals surface area contributed by atoms with Crippen molar-refractivity contribution in [1.29, 1.82) is 0 Å². The highest BCUT2D eigenvalue weighted by Gasteiger charge is 2.30. The average Bonchev–Trinajstić information content (AvgIpc) is 2.90. The van der Waals surface area contributed by atoms with Gasteiger partial charge in [0.15, 0.2) is 0 Å². The lowest BCUT2D eigenvalue weighted by molar-refractivity contribution is -0.142. The molecule has 218 valence electrons. The van der Waals surface area contributed by atoms with Crippen molar-refractivity contribution in [2.75, 3.05) is 0 Å². The number of aryl methyl sites for hydroxylation is 1. The zero-order valence-electron chi connectivity index (χ0n) is 21.7. The summed E-state index contributed by atoms with van der Waals surface area (Å²) in [7, 11) is 0. The number of carbonyl (C=O) groups is 4. The Morgan fingerprint density at radius 2 is 1.61 bits per heavy atom. The van der Waals surface area contributed by atoms with E-state index in [1.54, 1.807) is 12.1 Å². The number of hydrogen-bond donors (Lipinski definition) is 7. The minimum absolute atomic E-state index is 0.104. The van der Waals surface area contributed by atoms with Gasteiger partial charge in [0.2, 0.25) is 17.7 Å². The van der Waals surface area contributed by atoms with E-state index in [1.807, 2.05) is 0 Å². The number of carbonyl (C=O) groups excluding carboxylic acids is 3. The van der Waals surface area contributed by atoms with Crippen molar-refractivity contribution in [1.82, 2.24) is 29.7 Å². The van der Waals surface area contributed by atoms with Crippen LogP contribution in [-0.2, 0) is 32.3 Å². The number of carboxylic acid groups (broad SMARTS) is 1. The normalized spacial score (nSPS) is 13.2. The smallest absolute Gasteiger partial charge is 0.328 e. The largest absolute Gasteiger partial charge is 0.480 e. The number of nitrogens with zero attached hydrogens (tertiary/aromatic N) is 2. The second-order valence-corrected chi connectivity index (χ2v) is 9.19. The molecule has 0 aliphatic carbocycles. The molecule has 3 aromatic rings. The number of H-pyrrole nitrogens is 2. The predicted molar refractivity (Wildman–Crippen MR) is 143 cm³/mol. The summed E-state index contributed by atoms with van der Waals surface area (Å²) < 4.78 is 1.62. The van der Waals surface area contributed by atoms with Crippen molar-refractivity contribution in [3.05, 3.63) is 77.7 Å². The molecule has 0 bridgehead atoms. The molecule has 3 atom stereocenters. The average molecular weight is 573 g/mol. The van der Waals surface area contributed by atoms with Gasteiger partial charge in [-0.05, 0) is 25.5 Å². The van der Waals surface area contributed by atoms with Crippen LogP contribution in [0.4, 0.5) is 0 Å². The number of aliphatic carboxylic acids is 1. The summed E-state index contributed by atoms with van der Waals surface area (Å²) in [4.78, 5) is 103. The molecule has 0 saturated carbocycles. The number of carboxylic acids is 1. The van der Waals surface area contributed by atoms with Gasteiger partial charge in [0.1, 0.15) is 18.1 Å². The Bertz CT molecular complexity index is 1740. The Morgan fingerprint density at radius 3 is 2.27 bits per heavy atom. The van der Waals surface area contributed by atoms with Gasteiger partial charge in [-0.15, -0.1) is 0 Å². The lowest BCUT2D eigenvalue weighted by atomic mass is 10.1. The molecular weight excluding hydrogens is 544 g/mol. The fourth-order valence-corrected chi connectivity index (χ4v) is 3.89. The number of aromatic nitrogens is 4. The fraction of sp³-hybridized carbons (Fsp3) is 0.333. The summed E-state index contributed by atoms with van der Waals surface area (Å²) in [5.74, 6) is -4.44. The van der Waals surface area contributed by atoms with E-state index in [0.717, 1.165) is 4.57 Å². The number of amides is 3. The fourth-order valence-electron chi connectivity index (χ4n) is 3.89. The summed E-state index contributed by atoms with van der Waals surface area (Å²) >= 11 is 0. The van der Waals surface area contributed by atoms with Gasteiger partial charge in [-0.3, -0.25) is 38.1 Å². The van der Waals surface area contributed by atoms with Crippen molar-refractivity contribution in [2.45, 2.75) is 51.0 Å². The molecule has 0 fully saturated rings. The van der Waals surface area contributed by atoms with Gasteiger partial charge >= 0.3 is 17.3 Å². The number of aromatic amines is 2. The second kappa shape index (κ2) is 12.7. The van der Waals surface area contributed by atoms with E-state index in [9.17, 15) is 43.5 Å². The van der Waals surface area contributed by atoms with Crippen LogP contribution in [0.5, 0.6) is 0 Å². The van der Waals surface area contributed by atoms with Crippen molar-refractivity contribution in [3.63, 3.8) is 0 Å². The monoisotopic (exact) mass is 572 g/mol. The number of primary amides is 1. The summed E-state index contributed by atoms with van der Waals surface area (Å²) in [5, 5.41) is 14.0. The van der Waals surface area contributed by atoms with Crippen molar-refractivity contribution in [3.8, 4) is 0 Å². The molecule has 0 unspecified atom stereocenters. The van der Waals surface area contributed by atoms with E-state index in [1.165, 1.54) is 25.3 Å². The van der Waals surface area contributed by atoms with Crippen LogP contribution >= 0.6 is 0 Å². The predicted octanol–water partition coefficient (Wildman–Crippen LogP) is -3.80. The number of hydrogen-bond acceptors (Lipinski definition) is 9. The van der Waals surface area contributed by atoms with Gasteiger partial charge in [-0.1, -0.05) is 12.1 Å². The van der Waals surface area contributed by atoms with Crippen LogP contribution < -0.4 is 44.6 Å². The number of nitrogens with two attached hydrogens (primary N) is 2. The standard InChI is InChI=1S/C24H28N8O9/c1-11-8-31(23(40)30-18(11)34)9-13(25)19(35)28-16(20(36)27-15(22(38)39)6-7-17(26)33)10-32-21(37)12-4-2-3-5-14(12)29-24(32)41/h2-5,8,13,15-16H,6-7,9-10,25H2,1H3,(H2,26,33)(H,27,36)(H,28,35)(H,29,41)(H,38,39)(H,30,34,40)/t13-,15+,16-/m1/s1. The molecule has 41 heavy (non-hydrogen) atoms. The third-order valence-corrected chi connectivity index (χ3v) is 6.10. The second-order valence-electron chi connectivity index (χ2n) is 9.19. The molecule has 0 radical (unpaired) electrons. The molecule has 17 nitrogen and oxygen atoms in total. The lowest BCUT2D eigenvalue weighted by Gasteiger charge is -2.23. The molecule has 2 heterocycles. The molecule has 9 N–H and O–H groups in total. The lowest BCUT2D eigenvalue weighted by Crippen LogP contribution is -2.58. The zero-order valence-corrected chi connectivity index (χ0v) is 21.7. The van der Waals surface area contributed by atoms with E-state index in [4.69, 9.17) is 11.5 Å². The van der Waals surface area contributed by atoms with Crippen molar-refractivity contribution in [2.24, 2.45) is 11.5 Å². The summed E-state index contributed by atoms with van der Waals surface area (Å²) in [6.45, 7) is 0.267. The maximum Gasteiger partial charge on any atom is 0.328 e. The first-order chi connectivity index (χ1) is 19.3. The molecule has 1 aromatic carbocycles. The minimum atomic E-state index is -1.71. The first kappa shape index (κ1) is 30.2. The van der Waals surface area contributed by atoms with Crippen LogP contribution in [0.25, 0.3) is 10.9 Å². The van der Waals surface area contributed by atoms with Crippen LogP contribution in [-0.4, -0.2) is 66.0 Å². The van der Waals surface area contributed by atoms with Gasteiger partial charge in [0, 0.05) is 18.2 Å². The highest BCUT2D eigenvalue weighted by Crippen LogP contribution is 2.04. The minimum Gasteiger partial charge on any atom is -0.480 e. The maximum atomic E-state index is 13.2. The molecule has 17 heteroatoms. The number of rotatable bonds is 12. The third kappa shape index (κ3) is 7.41. The number of benzene rings is 1. The third-order valence-electron chi connectivity index (χ3n) is 6.10. The van der Waals surface area contributed by atoms with Crippen LogP contribution in [0.15, 0.2) is 49.6 Å². The summed E-state index contributed by atoms with van der Waals surface area (Å²) in [5.41, 5.74) is 8.22. The van der Waals surface area contributed by atoms with Gasteiger partial charge in [-0.2, -0.15) is 0 Å². The van der Waals surface area contributed by atoms with E-state index in [2.05, 4.69) is 20.6 Å². The zero-order chi connectivity index (χ0) is 30.4. The van der Waals surface area contributed by atoms with E-state index in [-0.39, 0.29) is 29.3 Å². The van der Waals surface area contributed by atoms with Crippen molar-refractivity contribution < 1.29 is 24.3 Å². The number of fused-ring (bicyclic) bond motifs is 1. The van der Waals surface area contributed by atoms with Gasteiger partial charge in [0.25, 0.3) is 11.1 Å². The van der Waals surface area contributed by atoms with Crippen LogP contribution in [0.1, 0.15) is 18.4 Å². The Morgan fingerprint density at radius 1 is 0.951 bits per heavy atom. The molecule has 0 aliphatic rings. The Hall–Kier alpha value is -5.32. The van der Waals surface area contributed by atoms with Gasteiger partial charge < -0.3 is 32.2 Å². The highest BCUT2D eigenvalue weighted by atomic mass is 16.4. The summed E-state index contributed by atoms with van der Waals surface area (Å²) in [6.07, 6.45) is 0.431. The SMILES string of the molecule is Cc1cn(C[C@@H](N)C(=O)N[C@H](Cn2c(=O)[nH]c3ccccc3c2=O)C(=O)N[C@@H](CCC(N)=O)C(=O)O)c(=O)[nH]c1=O.